The number of piperidine rings is 1. The maximum atomic E-state index is 11.8. The van der Waals surface area contributed by atoms with Crippen LogP contribution in [0.3, 0.4) is 0 Å². The Balaban J connectivity index is 2.02. The van der Waals surface area contributed by atoms with Gasteiger partial charge in [0, 0.05) is 6.54 Å². The van der Waals surface area contributed by atoms with Crippen LogP contribution in [0.4, 0.5) is 0 Å². The van der Waals surface area contributed by atoms with Crippen molar-refractivity contribution in [1.29, 1.82) is 0 Å². The molecular formula is C15H18N3O2. The molecule has 2 N–H and O–H groups in total. The van der Waals surface area contributed by atoms with Crippen molar-refractivity contribution >= 4 is 12.3 Å². The van der Waals surface area contributed by atoms with E-state index in [-0.39, 0.29) is 18.5 Å². The van der Waals surface area contributed by atoms with Crippen LogP contribution in [-0.4, -0.2) is 36.3 Å². The number of amides is 2. The van der Waals surface area contributed by atoms with E-state index in [0.29, 0.717) is 6.54 Å². The standard InChI is InChI=1S/C15H18N3O2/c19-11-18-9-5-4-8-13(18)15(16-10-14(20)17-15)12-6-2-1-3-7-12/h1-3,6-7,13,16H,4-5,8-10H2,(H,17,20). The van der Waals surface area contributed by atoms with Crippen molar-refractivity contribution in [3.8, 4) is 0 Å². The van der Waals surface area contributed by atoms with E-state index in [1.807, 2.05) is 36.7 Å². The van der Waals surface area contributed by atoms with Gasteiger partial charge in [-0.1, -0.05) is 30.3 Å². The fraction of sp³-hybridized carbons (Fsp3) is 0.467. The number of carbonyl (C=O) groups excluding carboxylic acids is 2. The number of nitrogens with one attached hydrogen (secondary N) is 2. The Labute approximate surface area is 118 Å². The Morgan fingerprint density at radius 1 is 1.25 bits per heavy atom. The molecule has 2 fully saturated rings. The summed E-state index contributed by atoms with van der Waals surface area (Å²) in [5, 5.41) is 6.34. The van der Waals surface area contributed by atoms with Crippen molar-refractivity contribution < 1.29 is 9.59 Å². The highest BCUT2D eigenvalue weighted by Gasteiger charge is 2.48. The molecule has 2 amide bonds. The Kier molecular flexibility index (Phi) is 3.44. The van der Waals surface area contributed by atoms with Crippen molar-refractivity contribution in [3.05, 3.63) is 35.9 Å². The fourth-order valence-corrected chi connectivity index (χ4v) is 3.29. The predicted molar refractivity (Wildman–Crippen MR) is 74.3 cm³/mol. The number of carbonyl (C=O) groups is 1. The molecule has 1 aromatic rings. The van der Waals surface area contributed by atoms with E-state index in [4.69, 9.17) is 0 Å². The van der Waals surface area contributed by atoms with Gasteiger partial charge in [-0.05, 0) is 24.8 Å². The molecule has 5 heteroatoms. The molecule has 1 radical (unpaired) electrons. The number of likely N-dealkylation sites (tertiary alicyclic amines) is 1. The Morgan fingerprint density at radius 3 is 2.70 bits per heavy atom. The van der Waals surface area contributed by atoms with Crippen molar-refractivity contribution in [1.82, 2.24) is 15.5 Å². The molecule has 2 atom stereocenters. The van der Waals surface area contributed by atoms with Crippen molar-refractivity contribution in [2.45, 2.75) is 31.0 Å². The molecule has 2 aliphatic heterocycles. The van der Waals surface area contributed by atoms with Crippen LogP contribution in [-0.2, 0) is 15.3 Å². The lowest BCUT2D eigenvalue weighted by molar-refractivity contribution is -0.119. The number of hydrogen-bond acceptors (Lipinski definition) is 3. The van der Waals surface area contributed by atoms with Gasteiger partial charge < -0.3 is 10.2 Å². The van der Waals surface area contributed by atoms with Crippen LogP contribution in [0.25, 0.3) is 0 Å². The molecule has 0 aromatic heterocycles. The van der Waals surface area contributed by atoms with E-state index < -0.39 is 5.66 Å². The summed E-state index contributed by atoms with van der Waals surface area (Å²) in [6.45, 7) is 0.971. The predicted octanol–water partition coefficient (Wildman–Crippen LogP) is 0.480. The topological polar surface area (TPSA) is 61.4 Å². The Bertz CT molecular complexity index is 505. The molecule has 3 rings (SSSR count). The second-order valence-corrected chi connectivity index (χ2v) is 5.37. The van der Waals surface area contributed by atoms with Crippen LogP contribution in [0.1, 0.15) is 24.8 Å². The first-order valence-electron chi connectivity index (χ1n) is 7.02. The van der Waals surface area contributed by atoms with Gasteiger partial charge in [0.25, 0.3) is 0 Å². The summed E-state index contributed by atoms with van der Waals surface area (Å²) >= 11 is 0. The van der Waals surface area contributed by atoms with Gasteiger partial charge in [0.1, 0.15) is 5.66 Å². The first-order chi connectivity index (χ1) is 9.76. The lowest BCUT2D eigenvalue weighted by Gasteiger charge is -2.44. The number of rotatable bonds is 3. The molecular weight excluding hydrogens is 254 g/mol. The van der Waals surface area contributed by atoms with Crippen molar-refractivity contribution in [2.75, 3.05) is 13.1 Å². The van der Waals surface area contributed by atoms with Gasteiger partial charge in [0.05, 0.1) is 12.6 Å². The zero-order valence-electron chi connectivity index (χ0n) is 11.3. The zero-order valence-corrected chi connectivity index (χ0v) is 11.3. The summed E-state index contributed by atoms with van der Waals surface area (Å²) in [5.74, 6) is -0.0368. The molecule has 0 bridgehead atoms. The first-order valence-corrected chi connectivity index (χ1v) is 7.02. The molecule has 2 heterocycles. The largest absolute Gasteiger partial charge is 0.331 e. The van der Waals surface area contributed by atoms with Crippen molar-refractivity contribution in [2.24, 2.45) is 0 Å². The first kappa shape index (κ1) is 13.1. The smallest absolute Gasteiger partial charge is 0.312 e. The molecule has 2 aliphatic rings. The molecule has 0 aliphatic carbocycles. The molecule has 2 saturated heterocycles. The lowest BCUT2D eigenvalue weighted by Crippen LogP contribution is -2.62. The molecule has 2 unspecified atom stereocenters. The summed E-state index contributed by atoms with van der Waals surface area (Å²) in [6.07, 6.45) is 4.93. The van der Waals surface area contributed by atoms with Crippen LogP contribution in [0.2, 0.25) is 0 Å². The average molecular weight is 272 g/mol. The van der Waals surface area contributed by atoms with Gasteiger partial charge >= 0.3 is 6.41 Å². The average Bonchev–Trinajstić information content (AvgIpc) is 2.91. The molecule has 0 saturated carbocycles. The van der Waals surface area contributed by atoms with E-state index in [9.17, 15) is 9.59 Å². The third kappa shape index (κ3) is 2.08. The maximum absolute atomic E-state index is 11.8. The summed E-state index contributed by atoms with van der Waals surface area (Å²) in [6, 6.07) is 9.70. The minimum absolute atomic E-state index is 0.0368. The third-order valence-corrected chi connectivity index (χ3v) is 4.21. The lowest BCUT2D eigenvalue weighted by atomic mass is 9.85. The monoisotopic (exact) mass is 272 g/mol. The van der Waals surface area contributed by atoms with E-state index in [1.165, 1.54) is 0 Å². The molecule has 105 valence electrons. The van der Waals surface area contributed by atoms with Gasteiger partial charge in [-0.15, -0.1) is 0 Å². The highest BCUT2D eigenvalue weighted by atomic mass is 16.2. The van der Waals surface area contributed by atoms with Gasteiger partial charge in [0.2, 0.25) is 5.91 Å². The van der Waals surface area contributed by atoms with E-state index in [0.717, 1.165) is 24.8 Å². The Hall–Kier alpha value is -1.88. The van der Waals surface area contributed by atoms with Gasteiger partial charge in [-0.3, -0.25) is 14.9 Å². The maximum Gasteiger partial charge on any atom is 0.312 e. The molecule has 20 heavy (non-hydrogen) atoms. The molecule has 5 nitrogen and oxygen atoms in total. The minimum Gasteiger partial charge on any atom is -0.331 e. The SMILES string of the molecule is O=[C]N1CCCCC1C1(c2ccccc2)NCC(=O)N1. The Morgan fingerprint density at radius 2 is 2.05 bits per heavy atom. The van der Waals surface area contributed by atoms with E-state index >= 15 is 0 Å². The van der Waals surface area contributed by atoms with Gasteiger partial charge in [0.15, 0.2) is 0 Å². The van der Waals surface area contributed by atoms with Crippen LogP contribution in [0, 0.1) is 0 Å². The minimum atomic E-state index is -0.684. The number of benzene rings is 1. The molecule has 0 spiro atoms. The quantitative estimate of drug-likeness (QED) is 0.841. The highest BCUT2D eigenvalue weighted by Crippen LogP contribution is 2.33. The fourth-order valence-electron chi connectivity index (χ4n) is 3.29. The summed E-state index contributed by atoms with van der Waals surface area (Å²) in [7, 11) is 0. The summed E-state index contributed by atoms with van der Waals surface area (Å²) in [4.78, 5) is 24.7. The highest BCUT2D eigenvalue weighted by molar-refractivity contribution is 5.82. The van der Waals surface area contributed by atoms with Gasteiger partial charge in [-0.2, -0.15) is 0 Å². The zero-order chi connectivity index (χ0) is 14.0. The molecule has 1 aromatic carbocycles. The summed E-state index contributed by atoms with van der Waals surface area (Å²) in [5.41, 5.74) is 0.300. The number of nitrogens with zero attached hydrogens (tertiary/aromatic N) is 1. The second kappa shape index (κ2) is 5.25. The van der Waals surface area contributed by atoms with Crippen LogP contribution in [0.5, 0.6) is 0 Å². The van der Waals surface area contributed by atoms with Crippen LogP contribution < -0.4 is 10.6 Å². The summed E-state index contributed by atoms with van der Waals surface area (Å²) < 4.78 is 0. The van der Waals surface area contributed by atoms with E-state index in [2.05, 4.69) is 10.6 Å². The van der Waals surface area contributed by atoms with Crippen LogP contribution >= 0.6 is 0 Å². The normalized spacial score (nSPS) is 30.1. The number of hydrogen-bond donors (Lipinski definition) is 2. The second-order valence-electron chi connectivity index (χ2n) is 5.37. The third-order valence-electron chi connectivity index (χ3n) is 4.21. The van der Waals surface area contributed by atoms with Crippen LogP contribution in [0.15, 0.2) is 30.3 Å². The van der Waals surface area contributed by atoms with Gasteiger partial charge in [-0.25, -0.2) is 0 Å². The van der Waals surface area contributed by atoms with E-state index in [1.54, 1.807) is 4.90 Å². The van der Waals surface area contributed by atoms with Crippen molar-refractivity contribution in [3.63, 3.8) is 0 Å².